The van der Waals surface area contributed by atoms with Gasteiger partial charge in [0, 0.05) is 38.4 Å². The Kier molecular flexibility index (Phi) is 5.54. The van der Waals surface area contributed by atoms with E-state index in [2.05, 4.69) is 4.98 Å². The van der Waals surface area contributed by atoms with Crippen LogP contribution < -0.4 is 0 Å². The van der Waals surface area contributed by atoms with Crippen LogP contribution in [-0.4, -0.2) is 59.6 Å². The van der Waals surface area contributed by atoms with E-state index in [-0.39, 0.29) is 12.0 Å². The number of carbonyl (C=O) groups is 2. The number of hydrogen-bond donors (Lipinski definition) is 0. The molecule has 1 aliphatic rings. The molecule has 1 fully saturated rings. The van der Waals surface area contributed by atoms with Gasteiger partial charge in [-0.3, -0.25) is 9.78 Å². The SMILES string of the molecule is CCN(CCc1ccncc1)C(=O)CCN1CCOC1=O. The van der Waals surface area contributed by atoms with Crippen molar-refractivity contribution in [2.75, 3.05) is 32.8 Å². The Balaban J connectivity index is 1.77. The normalized spacial score (nSPS) is 14.1. The Bertz CT molecular complexity index is 478. The number of pyridine rings is 1. The van der Waals surface area contributed by atoms with Crippen LogP contribution in [0.1, 0.15) is 18.9 Å². The van der Waals surface area contributed by atoms with Crippen LogP contribution in [0.2, 0.25) is 0 Å². The lowest BCUT2D eigenvalue weighted by molar-refractivity contribution is -0.131. The number of aromatic nitrogens is 1. The molecule has 0 spiro atoms. The Morgan fingerprint density at radius 3 is 2.81 bits per heavy atom. The van der Waals surface area contributed by atoms with Crippen molar-refractivity contribution in [3.8, 4) is 0 Å². The van der Waals surface area contributed by atoms with Crippen LogP contribution in [0.4, 0.5) is 4.79 Å². The summed E-state index contributed by atoms with van der Waals surface area (Å²) in [7, 11) is 0. The van der Waals surface area contributed by atoms with Gasteiger partial charge in [-0.05, 0) is 31.0 Å². The summed E-state index contributed by atoms with van der Waals surface area (Å²) in [6.45, 7) is 4.76. The lowest BCUT2D eigenvalue weighted by Crippen LogP contribution is -2.36. The zero-order chi connectivity index (χ0) is 15.1. The van der Waals surface area contributed by atoms with Crippen molar-refractivity contribution in [3.63, 3.8) is 0 Å². The molecule has 0 bridgehead atoms. The number of amides is 2. The number of rotatable bonds is 7. The molecule has 0 saturated carbocycles. The third kappa shape index (κ3) is 4.44. The summed E-state index contributed by atoms with van der Waals surface area (Å²) in [6.07, 6.45) is 4.36. The van der Waals surface area contributed by atoms with Gasteiger partial charge >= 0.3 is 6.09 Å². The van der Waals surface area contributed by atoms with Crippen molar-refractivity contribution in [3.05, 3.63) is 30.1 Å². The van der Waals surface area contributed by atoms with Crippen LogP contribution >= 0.6 is 0 Å². The first-order chi connectivity index (χ1) is 10.2. The molecular formula is C15H21N3O3. The van der Waals surface area contributed by atoms with Crippen molar-refractivity contribution in [1.82, 2.24) is 14.8 Å². The lowest BCUT2D eigenvalue weighted by Gasteiger charge is -2.22. The molecule has 0 radical (unpaired) electrons. The number of likely N-dealkylation sites (N-methyl/N-ethyl adjacent to an activating group) is 1. The molecule has 114 valence electrons. The summed E-state index contributed by atoms with van der Waals surface area (Å²) in [5.74, 6) is 0.0752. The molecule has 0 unspecified atom stereocenters. The lowest BCUT2D eigenvalue weighted by atomic mass is 10.2. The predicted molar refractivity (Wildman–Crippen MR) is 77.7 cm³/mol. The summed E-state index contributed by atoms with van der Waals surface area (Å²) in [6, 6.07) is 3.91. The van der Waals surface area contributed by atoms with E-state index in [0.717, 1.165) is 6.42 Å². The van der Waals surface area contributed by atoms with Crippen LogP contribution in [0.25, 0.3) is 0 Å². The predicted octanol–water partition coefficient (Wildman–Crippen LogP) is 1.31. The monoisotopic (exact) mass is 291 g/mol. The summed E-state index contributed by atoms with van der Waals surface area (Å²) < 4.78 is 4.85. The van der Waals surface area contributed by atoms with E-state index in [4.69, 9.17) is 4.74 Å². The molecule has 1 aromatic rings. The van der Waals surface area contributed by atoms with Gasteiger partial charge in [-0.1, -0.05) is 0 Å². The third-order valence-corrected chi connectivity index (χ3v) is 3.59. The molecule has 1 aliphatic heterocycles. The van der Waals surface area contributed by atoms with Crippen molar-refractivity contribution >= 4 is 12.0 Å². The van der Waals surface area contributed by atoms with Gasteiger partial charge in [0.2, 0.25) is 5.91 Å². The first-order valence-corrected chi connectivity index (χ1v) is 7.29. The Labute approximate surface area is 124 Å². The topological polar surface area (TPSA) is 62.7 Å². The highest BCUT2D eigenvalue weighted by Gasteiger charge is 2.23. The molecule has 2 heterocycles. The minimum Gasteiger partial charge on any atom is -0.448 e. The van der Waals surface area contributed by atoms with Gasteiger partial charge in [0.25, 0.3) is 0 Å². The summed E-state index contributed by atoms with van der Waals surface area (Å²) in [5, 5.41) is 0. The van der Waals surface area contributed by atoms with Gasteiger partial charge in [-0.15, -0.1) is 0 Å². The van der Waals surface area contributed by atoms with Gasteiger partial charge in [0.1, 0.15) is 6.61 Å². The fourth-order valence-corrected chi connectivity index (χ4v) is 2.29. The number of nitrogens with zero attached hydrogens (tertiary/aromatic N) is 3. The minimum atomic E-state index is -0.317. The van der Waals surface area contributed by atoms with E-state index in [1.165, 1.54) is 5.56 Å². The van der Waals surface area contributed by atoms with E-state index in [9.17, 15) is 9.59 Å². The van der Waals surface area contributed by atoms with Crippen LogP contribution in [-0.2, 0) is 16.0 Å². The first kappa shape index (κ1) is 15.3. The van der Waals surface area contributed by atoms with Crippen LogP contribution in [0.15, 0.2) is 24.5 Å². The fraction of sp³-hybridized carbons (Fsp3) is 0.533. The van der Waals surface area contributed by atoms with Gasteiger partial charge in [-0.2, -0.15) is 0 Å². The molecule has 6 heteroatoms. The van der Waals surface area contributed by atoms with E-state index in [1.54, 1.807) is 17.3 Å². The minimum absolute atomic E-state index is 0.0752. The van der Waals surface area contributed by atoms with Gasteiger partial charge < -0.3 is 14.5 Å². The molecule has 21 heavy (non-hydrogen) atoms. The zero-order valence-corrected chi connectivity index (χ0v) is 12.3. The van der Waals surface area contributed by atoms with E-state index in [1.807, 2.05) is 24.0 Å². The average Bonchev–Trinajstić information content (AvgIpc) is 2.92. The number of ether oxygens (including phenoxy) is 1. The summed E-state index contributed by atoms with van der Waals surface area (Å²) in [5.41, 5.74) is 1.17. The first-order valence-electron chi connectivity index (χ1n) is 7.29. The van der Waals surface area contributed by atoms with Crippen LogP contribution in [0.3, 0.4) is 0 Å². The highest BCUT2D eigenvalue weighted by Crippen LogP contribution is 2.06. The second kappa shape index (κ2) is 7.61. The van der Waals surface area contributed by atoms with Gasteiger partial charge in [0.05, 0.1) is 6.54 Å². The average molecular weight is 291 g/mol. The second-order valence-corrected chi connectivity index (χ2v) is 4.93. The maximum absolute atomic E-state index is 12.2. The van der Waals surface area contributed by atoms with Crippen molar-refractivity contribution < 1.29 is 14.3 Å². The number of cyclic esters (lactones) is 1. The van der Waals surface area contributed by atoms with E-state index < -0.39 is 0 Å². The van der Waals surface area contributed by atoms with Crippen LogP contribution in [0.5, 0.6) is 0 Å². The fourth-order valence-electron chi connectivity index (χ4n) is 2.29. The standard InChI is InChI=1S/C15H21N3O3/c1-2-17(9-5-13-3-7-16-8-4-13)14(19)6-10-18-11-12-21-15(18)20/h3-4,7-8H,2,5-6,9-12H2,1H3. The van der Waals surface area contributed by atoms with E-state index >= 15 is 0 Å². The molecule has 6 nitrogen and oxygen atoms in total. The molecule has 0 aromatic carbocycles. The number of hydrogen-bond acceptors (Lipinski definition) is 4. The third-order valence-electron chi connectivity index (χ3n) is 3.59. The molecule has 2 amide bonds. The van der Waals surface area contributed by atoms with Crippen molar-refractivity contribution in [1.29, 1.82) is 0 Å². The van der Waals surface area contributed by atoms with Gasteiger partial charge in [0.15, 0.2) is 0 Å². The maximum atomic E-state index is 12.2. The highest BCUT2D eigenvalue weighted by atomic mass is 16.6. The highest BCUT2D eigenvalue weighted by molar-refractivity contribution is 5.77. The smallest absolute Gasteiger partial charge is 0.409 e. The van der Waals surface area contributed by atoms with Crippen LogP contribution in [0, 0.1) is 0 Å². The molecular weight excluding hydrogens is 270 g/mol. The molecule has 0 atom stereocenters. The second-order valence-electron chi connectivity index (χ2n) is 4.93. The quantitative estimate of drug-likeness (QED) is 0.760. The molecule has 0 N–H and O–H groups in total. The van der Waals surface area contributed by atoms with Gasteiger partial charge in [-0.25, -0.2) is 4.79 Å². The zero-order valence-electron chi connectivity index (χ0n) is 12.3. The largest absolute Gasteiger partial charge is 0.448 e. The Hall–Kier alpha value is -2.11. The molecule has 1 aromatic heterocycles. The summed E-state index contributed by atoms with van der Waals surface area (Å²) >= 11 is 0. The Morgan fingerprint density at radius 1 is 1.43 bits per heavy atom. The Morgan fingerprint density at radius 2 is 2.19 bits per heavy atom. The molecule has 1 saturated heterocycles. The van der Waals surface area contributed by atoms with Crippen molar-refractivity contribution in [2.45, 2.75) is 19.8 Å². The molecule has 0 aliphatic carbocycles. The van der Waals surface area contributed by atoms with E-state index in [0.29, 0.717) is 39.2 Å². The molecule has 2 rings (SSSR count). The van der Waals surface area contributed by atoms with Crippen molar-refractivity contribution in [2.24, 2.45) is 0 Å². The number of carbonyl (C=O) groups excluding carboxylic acids is 2. The maximum Gasteiger partial charge on any atom is 0.409 e. The summed E-state index contributed by atoms with van der Waals surface area (Å²) in [4.78, 5) is 30.9.